The van der Waals surface area contributed by atoms with E-state index in [1.807, 2.05) is 18.2 Å². The van der Waals surface area contributed by atoms with Crippen molar-refractivity contribution >= 4 is 0 Å². The van der Waals surface area contributed by atoms with Crippen molar-refractivity contribution in [2.24, 2.45) is 0 Å². The topological polar surface area (TPSA) is 41.5 Å². The molecule has 2 aromatic carbocycles. The van der Waals surface area contributed by atoms with Gasteiger partial charge in [0.2, 0.25) is 0 Å². The molecular weight excluding hydrogens is 331 g/mol. The number of aliphatic hydroxyl groups is 1. The van der Waals surface area contributed by atoms with Gasteiger partial charge in [-0.1, -0.05) is 36.4 Å². The van der Waals surface area contributed by atoms with Crippen molar-refractivity contribution in [1.29, 1.82) is 0 Å². The van der Waals surface area contributed by atoms with E-state index in [4.69, 9.17) is 4.74 Å². The molecule has 1 unspecified atom stereocenters. The van der Waals surface area contributed by atoms with E-state index in [2.05, 4.69) is 17.4 Å². The molecule has 2 aromatic rings. The zero-order valence-corrected chi connectivity index (χ0v) is 13.8. The number of hydrogen-bond acceptors (Lipinski definition) is 3. The molecule has 3 nitrogen and oxygen atoms in total. The van der Waals surface area contributed by atoms with E-state index in [0.29, 0.717) is 13.0 Å². The molecule has 0 aliphatic heterocycles. The molecule has 0 spiro atoms. The summed E-state index contributed by atoms with van der Waals surface area (Å²) in [5.74, 6) is 0.103. The molecule has 0 saturated heterocycles. The van der Waals surface area contributed by atoms with Gasteiger partial charge in [-0.15, -0.1) is 0 Å². The maximum Gasteiger partial charge on any atom is 0.416 e. The van der Waals surface area contributed by atoms with Gasteiger partial charge in [-0.3, -0.25) is 0 Å². The van der Waals surface area contributed by atoms with Crippen LogP contribution in [0.1, 0.15) is 17.5 Å². The first-order valence-corrected chi connectivity index (χ1v) is 8.18. The van der Waals surface area contributed by atoms with Crippen molar-refractivity contribution in [3.05, 3.63) is 65.7 Å². The van der Waals surface area contributed by atoms with Crippen LogP contribution >= 0.6 is 0 Å². The number of aliphatic hydroxyl groups excluding tert-OH is 1. The number of nitrogens with one attached hydrogen (secondary N) is 1. The van der Waals surface area contributed by atoms with Gasteiger partial charge in [0.1, 0.15) is 12.4 Å². The van der Waals surface area contributed by atoms with Gasteiger partial charge in [-0.05, 0) is 49.7 Å². The van der Waals surface area contributed by atoms with Gasteiger partial charge in [0.25, 0.3) is 0 Å². The molecule has 0 aromatic heterocycles. The quantitative estimate of drug-likeness (QED) is 0.676. The zero-order chi connectivity index (χ0) is 18.1. The van der Waals surface area contributed by atoms with Crippen molar-refractivity contribution in [2.45, 2.75) is 25.1 Å². The van der Waals surface area contributed by atoms with Gasteiger partial charge >= 0.3 is 6.18 Å². The lowest BCUT2D eigenvalue weighted by molar-refractivity contribution is -0.137. The molecule has 0 aliphatic carbocycles. The molecule has 1 atom stereocenters. The highest BCUT2D eigenvalue weighted by atomic mass is 19.4. The van der Waals surface area contributed by atoms with Gasteiger partial charge in [0.05, 0.1) is 11.7 Å². The Balaban J connectivity index is 1.63. The van der Waals surface area contributed by atoms with E-state index in [1.165, 1.54) is 17.7 Å². The highest BCUT2D eigenvalue weighted by Crippen LogP contribution is 2.31. The van der Waals surface area contributed by atoms with Crippen LogP contribution in [0.3, 0.4) is 0 Å². The Morgan fingerprint density at radius 1 is 1.00 bits per heavy atom. The molecule has 6 heteroatoms. The average molecular weight is 353 g/mol. The second-order valence-corrected chi connectivity index (χ2v) is 5.76. The van der Waals surface area contributed by atoms with E-state index < -0.39 is 17.8 Å². The summed E-state index contributed by atoms with van der Waals surface area (Å²) in [5, 5.41) is 13.1. The largest absolute Gasteiger partial charge is 0.491 e. The first-order valence-electron chi connectivity index (χ1n) is 8.18. The van der Waals surface area contributed by atoms with E-state index in [-0.39, 0.29) is 12.4 Å². The lowest BCUT2D eigenvalue weighted by Crippen LogP contribution is -2.26. The number of rotatable bonds is 9. The maximum absolute atomic E-state index is 12.6. The Kier molecular flexibility index (Phi) is 7.28. The van der Waals surface area contributed by atoms with Crippen molar-refractivity contribution in [1.82, 2.24) is 5.32 Å². The molecule has 2 N–H and O–H groups in total. The molecule has 2 rings (SSSR count). The monoisotopic (exact) mass is 353 g/mol. The Bertz CT molecular complexity index is 632. The van der Waals surface area contributed by atoms with E-state index in [1.54, 1.807) is 0 Å². The normalized spacial score (nSPS) is 12.8. The molecule has 0 fully saturated rings. The van der Waals surface area contributed by atoms with Crippen LogP contribution in [0.15, 0.2) is 54.6 Å². The molecule has 0 aliphatic rings. The number of alkyl halides is 3. The Morgan fingerprint density at radius 3 is 2.48 bits per heavy atom. The Labute approximate surface area is 145 Å². The fourth-order valence-electron chi connectivity index (χ4n) is 2.31. The Hall–Kier alpha value is -2.05. The third kappa shape index (κ3) is 7.15. The zero-order valence-electron chi connectivity index (χ0n) is 13.8. The summed E-state index contributed by atoms with van der Waals surface area (Å²) in [6, 6.07) is 14.7. The lowest BCUT2D eigenvalue weighted by atomic mass is 10.1. The number of ether oxygens (including phenoxy) is 1. The molecule has 0 radical (unpaired) electrons. The van der Waals surface area contributed by atoms with Crippen LogP contribution < -0.4 is 10.1 Å². The number of benzene rings is 2. The van der Waals surface area contributed by atoms with E-state index in [9.17, 15) is 18.3 Å². The predicted octanol–water partition coefficient (Wildman–Crippen LogP) is 3.67. The second kappa shape index (κ2) is 9.44. The van der Waals surface area contributed by atoms with Crippen LogP contribution in [0.4, 0.5) is 13.2 Å². The van der Waals surface area contributed by atoms with Crippen LogP contribution in [0.25, 0.3) is 0 Å². The average Bonchev–Trinajstić information content (AvgIpc) is 2.60. The summed E-state index contributed by atoms with van der Waals surface area (Å²) in [4.78, 5) is 0. The molecule has 0 amide bonds. The minimum Gasteiger partial charge on any atom is -0.491 e. The molecule has 0 saturated carbocycles. The molecule has 136 valence electrons. The summed E-state index contributed by atoms with van der Waals surface area (Å²) < 4.78 is 43.1. The minimum atomic E-state index is -4.40. The summed E-state index contributed by atoms with van der Waals surface area (Å²) in [7, 11) is 0. The fraction of sp³-hybridized carbons (Fsp3) is 0.368. The van der Waals surface area contributed by atoms with Gasteiger partial charge in [-0.2, -0.15) is 13.2 Å². The lowest BCUT2D eigenvalue weighted by Gasteiger charge is -2.14. The summed E-state index contributed by atoms with van der Waals surface area (Å²) in [6.45, 7) is 1.37. The van der Waals surface area contributed by atoms with Gasteiger partial charge in [0.15, 0.2) is 0 Å². The smallest absolute Gasteiger partial charge is 0.416 e. The van der Waals surface area contributed by atoms with Crippen molar-refractivity contribution in [3.8, 4) is 5.75 Å². The first kappa shape index (κ1) is 19.3. The van der Waals surface area contributed by atoms with Gasteiger partial charge in [-0.25, -0.2) is 0 Å². The number of hydrogen-bond donors (Lipinski definition) is 2. The van der Waals surface area contributed by atoms with Crippen LogP contribution in [-0.2, 0) is 12.6 Å². The third-order valence-corrected chi connectivity index (χ3v) is 3.69. The molecular formula is C19H22F3NO2. The summed E-state index contributed by atoms with van der Waals surface area (Å²) >= 11 is 0. The summed E-state index contributed by atoms with van der Waals surface area (Å²) in [6.07, 6.45) is -3.77. The van der Waals surface area contributed by atoms with E-state index >= 15 is 0 Å². The second-order valence-electron chi connectivity index (χ2n) is 5.76. The highest BCUT2D eigenvalue weighted by molar-refractivity contribution is 5.30. The van der Waals surface area contributed by atoms with Crippen LogP contribution in [-0.4, -0.2) is 30.9 Å². The maximum atomic E-state index is 12.6. The van der Waals surface area contributed by atoms with E-state index in [0.717, 1.165) is 25.1 Å². The minimum absolute atomic E-state index is 0.0400. The number of halogens is 3. The predicted molar refractivity (Wildman–Crippen MR) is 90.6 cm³/mol. The Morgan fingerprint density at radius 2 is 1.76 bits per heavy atom. The SMILES string of the molecule is OC(CCNCCc1ccccc1)COc1cccc(C(F)(F)F)c1. The fourth-order valence-corrected chi connectivity index (χ4v) is 2.31. The third-order valence-electron chi connectivity index (χ3n) is 3.69. The van der Waals surface area contributed by atoms with Crippen molar-refractivity contribution < 1.29 is 23.0 Å². The molecule has 0 heterocycles. The van der Waals surface area contributed by atoms with Crippen LogP contribution in [0.5, 0.6) is 5.75 Å². The van der Waals surface area contributed by atoms with Crippen molar-refractivity contribution in [2.75, 3.05) is 19.7 Å². The van der Waals surface area contributed by atoms with Crippen LogP contribution in [0.2, 0.25) is 0 Å². The summed E-state index contributed by atoms with van der Waals surface area (Å²) in [5.41, 5.74) is 0.477. The highest BCUT2D eigenvalue weighted by Gasteiger charge is 2.30. The van der Waals surface area contributed by atoms with Gasteiger partial charge < -0.3 is 15.2 Å². The van der Waals surface area contributed by atoms with Crippen LogP contribution in [0, 0.1) is 0 Å². The van der Waals surface area contributed by atoms with Gasteiger partial charge in [0, 0.05) is 0 Å². The molecule has 0 bridgehead atoms. The first-order chi connectivity index (χ1) is 11.9. The molecule has 25 heavy (non-hydrogen) atoms. The standard InChI is InChI=1S/C19H22F3NO2/c20-19(21,22)16-7-4-8-18(13-16)25-14-17(24)10-12-23-11-9-15-5-2-1-3-6-15/h1-8,13,17,23-24H,9-12,14H2. The van der Waals surface area contributed by atoms with Crippen molar-refractivity contribution in [3.63, 3.8) is 0 Å².